The summed E-state index contributed by atoms with van der Waals surface area (Å²) in [4.78, 5) is 33.0. The highest BCUT2D eigenvalue weighted by molar-refractivity contribution is 6.00. The molecular weight excluding hydrogens is 302 g/mol. The Morgan fingerprint density at radius 1 is 1.25 bits per heavy atom. The van der Waals surface area contributed by atoms with Gasteiger partial charge in [-0.05, 0) is 30.9 Å². The molecule has 2 amide bonds. The number of hydrogen-bond acceptors (Lipinski definition) is 2. The lowest BCUT2D eigenvalue weighted by molar-refractivity contribution is -0.166. The number of nitrogens with zero attached hydrogens (tertiary/aromatic N) is 2. The smallest absolute Gasteiger partial charge is 0.254 e. The molecule has 1 fully saturated rings. The molecule has 24 heavy (non-hydrogen) atoms. The molecule has 0 spiro atoms. The van der Waals surface area contributed by atoms with E-state index in [0.717, 1.165) is 23.0 Å². The van der Waals surface area contributed by atoms with Crippen LogP contribution in [0.3, 0.4) is 0 Å². The van der Waals surface area contributed by atoms with E-state index in [4.69, 9.17) is 0 Å². The number of carbonyl (C=O) groups excluding carboxylic acids is 2. The fraction of sp³-hybridized carbons (Fsp3) is 0.474. The largest absolute Gasteiger partial charge is 0.356 e. The van der Waals surface area contributed by atoms with E-state index in [-0.39, 0.29) is 18.4 Å². The lowest BCUT2D eigenvalue weighted by Gasteiger charge is -2.49. The molecule has 1 N–H and O–H groups in total. The highest BCUT2D eigenvalue weighted by Gasteiger charge is 2.53. The van der Waals surface area contributed by atoms with E-state index < -0.39 is 5.54 Å². The first-order valence-corrected chi connectivity index (χ1v) is 8.63. The second kappa shape index (κ2) is 5.10. The Morgan fingerprint density at radius 2 is 2.00 bits per heavy atom. The lowest BCUT2D eigenvalue weighted by Crippen LogP contribution is -2.67. The van der Waals surface area contributed by atoms with Crippen LogP contribution in [0.4, 0.5) is 0 Å². The number of amides is 2. The summed E-state index contributed by atoms with van der Waals surface area (Å²) in [6.07, 6.45) is 0.790. The molecule has 5 heteroatoms. The third kappa shape index (κ3) is 1.93. The highest BCUT2D eigenvalue weighted by Crippen LogP contribution is 2.41. The van der Waals surface area contributed by atoms with Crippen LogP contribution in [0.1, 0.15) is 32.0 Å². The van der Waals surface area contributed by atoms with Gasteiger partial charge in [-0.2, -0.15) is 0 Å². The number of hydrogen-bond donors (Lipinski definition) is 1. The zero-order chi connectivity index (χ0) is 17.1. The molecule has 1 aromatic heterocycles. The molecule has 2 aromatic rings. The van der Waals surface area contributed by atoms with Crippen LogP contribution in [0.2, 0.25) is 0 Å². The maximum absolute atomic E-state index is 13.3. The van der Waals surface area contributed by atoms with Crippen molar-refractivity contribution in [3.05, 3.63) is 35.5 Å². The van der Waals surface area contributed by atoms with Crippen molar-refractivity contribution in [2.75, 3.05) is 19.6 Å². The van der Waals surface area contributed by atoms with Gasteiger partial charge in [0.15, 0.2) is 5.54 Å². The van der Waals surface area contributed by atoms with Crippen molar-refractivity contribution in [1.82, 2.24) is 14.8 Å². The monoisotopic (exact) mass is 325 g/mol. The molecular formula is C19H23N3O2. The summed E-state index contributed by atoms with van der Waals surface area (Å²) in [5.74, 6) is 0.410. The van der Waals surface area contributed by atoms with Crippen LogP contribution in [-0.2, 0) is 21.5 Å². The Kier molecular flexibility index (Phi) is 3.24. The predicted octanol–water partition coefficient (Wildman–Crippen LogP) is 2.27. The number of nitrogens with one attached hydrogen (secondary N) is 1. The minimum absolute atomic E-state index is 0.0308. The van der Waals surface area contributed by atoms with Gasteiger partial charge in [-0.3, -0.25) is 9.59 Å². The quantitative estimate of drug-likeness (QED) is 0.921. The van der Waals surface area contributed by atoms with Gasteiger partial charge in [0.05, 0.1) is 12.2 Å². The van der Waals surface area contributed by atoms with Crippen molar-refractivity contribution in [2.24, 2.45) is 5.92 Å². The molecule has 1 aromatic carbocycles. The molecule has 3 heterocycles. The molecule has 2 aliphatic rings. The number of H-pyrrole nitrogens is 1. The van der Waals surface area contributed by atoms with Crippen molar-refractivity contribution in [2.45, 2.75) is 32.7 Å². The summed E-state index contributed by atoms with van der Waals surface area (Å²) in [7, 11) is 0. The first kappa shape index (κ1) is 15.2. The molecule has 1 atom stereocenters. The van der Waals surface area contributed by atoms with Crippen LogP contribution in [0, 0.1) is 5.92 Å². The van der Waals surface area contributed by atoms with Crippen LogP contribution in [0.25, 0.3) is 10.9 Å². The van der Waals surface area contributed by atoms with Crippen molar-refractivity contribution in [3.8, 4) is 0 Å². The average molecular weight is 325 g/mol. The summed E-state index contributed by atoms with van der Waals surface area (Å²) in [5.41, 5.74) is 2.18. The van der Waals surface area contributed by atoms with Crippen LogP contribution in [0.5, 0.6) is 0 Å². The Balaban J connectivity index is 1.88. The fourth-order valence-corrected chi connectivity index (χ4v) is 4.27. The Hall–Kier alpha value is -2.30. The summed E-state index contributed by atoms with van der Waals surface area (Å²) in [6.45, 7) is 7.45. The van der Waals surface area contributed by atoms with Gasteiger partial charge in [0.1, 0.15) is 0 Å². The van der Waals surface area contributed by atoms with Crippen molar-refractivity contribution >= 4 is 22.7 Å². The molecule has 0 unspecified atom stereocenters. The van der Waals surface area contributed by atoms with Crippen LogP contribution in [0.15, 0.2) is 24.3 Å². The number of fused-ring (bicyclic) bond motifs is 5. The molecule has 4 rings (SSSR count). The molecule has 126 valence electrons. The summed E-state index contributed by atoms with van der Waals surface area (Å²) in [5, 5.41) is 1.16. The van der Waals surface area contributed by atoms with Gasteiger partial charge >= 0.3 is 0 Å². The van der Waals surface area contributed by atoms with E-state index in [1.807, 2.05) is 25.1 Å². The third-order valence-corrected chi connectivity index (χ3v) is 5.34. The standard InChI is InChI=1S/C19H23N3O2/c1-12(2)10-21-11-16(23)22-9-8-14-13-6-4-5-7-15(13)20-17(14)19(22,3)18(21)24/h4-7,12,20H,8-11H2,1-3H3/t19-/m0/s1. The normalized spacial score (nSPS) is 23.8. The van der Waals surface area contributed by atoms with Gasteiger partial charge in [-0.15, -0.1) is 0 Å². The second-order valence-electron chi connectivity index (χ2n) is 7.47. The predicted molar refractivity (Wildman–Crippen MR) is 92.5 cm³/mol. The minimum atomic E-state index is -0.920. The fourth-order valence-electron chi connectivity index (χ4n) is 4.27. The number of carbonyl (C=O) groups is 2. The highest BCUT2D eigenvalue weighted by atomic mass is 16.2. The SMILES string of the molecule is CC(C)CN1CC(=O)N2CCc3c([nH]c4ccccc34)[C@@]2(C)C1=O. The van der Waals surface area contributed by atoms with E-state index >= 15 is 0 Å². The van der Waals surface area contributed by atoms with Gasteiger partial charge in [0.25, 0.3) is 5.91 Å². The van der Waals surface area contributed by atoms with Crippen molar-refractivity contribution < 1.29 is 9.59 Å². The van der Waals surface area contributed by atoms with Crippen molar-refractivity contribution in [3.63, 3.8) is 0 Å². The average Bonchev–Trinajstić information content (AvgIpc) is 2.92. The summed E-state index contributed by atoms with van der Waals surface area (Å²) in [6, 6.07) is 8.13. The van der Waals surface area contributed by atoms with Crippen molar-refractivity contribution in [1.29, 1.82) is 0 Å². The minimum Gasteiger partial charge on any atom is -0.356 e. The van der Waals surface area contributed by atoms with Crippen LogP contribution >= 0.6 is 0 Å². The number of rotatable bonds is 2. The van der Waals surface area contributed by atoms with Gasteiger partial charge < -0.3 is 14.8 Å². The van der Waals surface area contributed by atoms with E-state index in [9.17, 15) is 9.59 Å². The number of aromatic amines is 1. The first-order valence-electron chi connectivity index (χ1n) is 8.63. The van der Waals surface area contributed by atoms with E-state index in [2.05, 4.69) is 24.9 Å². The van der Waals surface area contributed by atoms with Gasteiger partial charge in [0, 0.05) is 24.0 Å². The maximum atomic E-state index is 13.3. The topological polar surface area (TPSA) is 56.4 Å². The molecule has 0 bridgehead atoms. The first-order chi connectivity index (χ1) is 11.4. The lowest BCUT2D eigenvalue weighted by atomic mass is 9.83. The zero-order valence-electron chi connectivity index (χ0n) is 14.4. The molecule has 0 radical (unpaired) electrons. The zero-order valence-corrected chi connectivity index (χ0v) is 14.4. The van der Waals surface area contributed by atoms with E-state index in [1.165, 1.54) is 5.56 Å². The number of aromatic nitrogens is 1. The van der Waals surface area contributed by atoms with E-state index in [0.29, 0.717) is 19.0 Å². The molecule has 5 nitrogen and oxygen atoms in total. The van der Waals surface area contributed by atoms with Crippen LogP contribution in [-0.4, -0.2) is 46.2 Å². The van der Waals surface area contributed by atoms with E-state index in [1.54, 1.807) is 9.80 Å². The third-order valence-electron chi connectivity index (χ3n) is 5.34. The maximum Gasteiger partial charge on any atom is 0.254 e. The van der Waals surface area contributed by atoms with Gasteiger partial charge in [-0.25, -0.2) is 0 Å². The number of benzene rings is 1. The molecule has 1 saturated heterocycles. The molecule has 0 aliphatic carbocycles. The van der Waals surface area contributed by atoms with Gasteiger partial charge in [-0.1, -0.05) is 32.0 Å². The Bertz CT molecular complexity index is 838. The number of para-hydroxylation sites is 1. The summed E-state index contributed by atoms with van der Waals surface area (Å²) < 4.78 is 0. The molecule has 2 aliphatic heterocycles. The summed E-state index contributed by atoms with van der Waals surface area (Å²) >= 11 is 0. The Labute approximate surface area is 141 Å². The molecule has 0 saturated carbocycles. The van der Waals surface area contributed by atoms with Crippen LogP contribution < -0.4 is 0 Å². The second-order valence-corrected chi connectivity index (χ2v) is 7.47. The number of piperazine rings is 1. The Morgan fingerprint density at radius 3 is 2.75 bits per heavy atom. The van der Waals surface area contributed by atoms with Gasteiger partial charge in [0.2, 0.25) is 5.91 Å².